The molecule has 0 bridgehead atoms. The first kappa shape index (κ1) is 13.1. The van der Waals surface area contributed by atoms with E-state index in [-0.39, 0.29) is 0 Å². The second-order valence-corrected chi connectivity index (χ2v) is 6.11. The lowest BCUT2D eigenvalue weighted by atomic mass is 10.2. The highest BCUT2D eigenvalue weighted by Gasteiger charge is 2.06. The fourth-order valence-corrected chi connectivity index (χ4v) is 2.78. The van der Waals surface area contributed by atoms with Crippen molar-refractivity contribution in [2.75, 3.05) is 5.32 Å². The summed E-state index contributed by atoms with van der Waals surface area (Å²) >= 11 is 5.09. The number of anilines is 1. The molecule has 18 heavy (non-hydrogen) atoms. The van der Waals surface area contributed by atoms with Crippen molar-refractivity contribution in [2.45, 2.75) is 20.4 Å². The molecule has 0 spiro atoms. The quantitative estimate of drug-likeness (QED) is 0.929. The lowest BCUT2D eigenvalue weighted by molar-refractivity contribution is 1.07. The fourth-order valence-electron chi connectivity index (χ4n) is 1.55. The van der Waals surface area contributed by atoms with E-state index >= 15 is 0 Å². The van der Waals surface area contributed by atoms with Gasteiger partial charge in [0.2, 0.25) is 0 Å². The zero-order chi connectivity index (χ0) is 13.1. The van der Waals surface area contributed by atoms with Crippen LogP contribution in [0.5, 0.6) is 0 Å². The minimum absolute atomic E-state index is 0.642. The van der Waals surface area contributed by atoms with E-state index in [1.165, 1.54) is 4.88 Å². The summed E-state index contributed by atoms with van der Waals surface area (Å²) in [6.45, 7) is 4.72. The lowest BCUT2D eigenvalue weighted by Crippen LogP contribution is -2.01. The average molecular weight is 322 g/mol. The van der Waals surface area contributed by atoms with E-state index in [2.05, 4.69) is 39.2 Å². The van der Waals surface area contributed by atoms with Gasteiger partial charge in [-0.25, -0.2) is 4.98 Å². The first-order chi connectivity index (χ1) is 8.60. The maximum Gasteiger partial charge on any atom is 0.112 e. The van der Waals surface area contributed by atoms with Gasteiger partial charge in [0.25, 0.3) is 0 Å². The third-order valence-corrected chi connectivity index (χ3v) is 4.17. The second kappa shape index (κ2) is 5.51. The number of thiazole rings is 1. The number of benzene rings is 1. The molecule has 0 aliphatic rings. The molecule has 1 aromatic heterocycles. The summed E-state index contributed by atoms with van der Waals surface area (Å²) in [5.74, 6) is 0. The maximum atomic E-state index is 9.04. The van der Waals surface area contributed by atoms with Crippen molar-refractivity contribution < 1.29 is 0 Å². The van der Waals surface area contributed by atoms with E-state index in [0.29, 0.717) is 12.1 Å². The average Bonchev–Trinajstić information content (AvgIpc) is 2.66. The Morgan fingerprint density at radius 3 is 2.83 bits per heavy atom. The van der Waals surface area contributed by atoms with Crippen LogP contribution in [0, 0.1) is 25.2 Å². The Hall–Kier alpha value is -1.38. The number of rotatable bonds is 3. The van der Waals surface area contributed by atoms with Crippen LogP contribution in [0.4, 0.5) is 5.69 Å². The SMILES string of the molecule is Cc1nc(CNc2cc(Br)ccc2C#N)sc1C. The molecule has 92 valence electrons. The predicted molar refractivity (Wildman–Crippen MR) is 77.8 cm³/mol. The van der Waals surface area contributed by atoms with Gasteiger partial charge < -0.3 is 5.32 Å². The van der Waals surface area contributed by atoms with Crippen LogP contribution in [0.1, 0.15) is 21.1 Å². The maximum absolute atomic E-state index is 9.04. The Bertz CT molecular complexity index is 594. The number of nitrogens with zero attached hydrogens (tertiary/aromatic N) is 2. The molecule has 0 saturated carbocycles. The molecule has 0 atom stereocenters. The van der Waals surface area contributed by atoms with Crippen molar-refractivity contribution in [1.29, 1.82) is 5.26 Å². The molecule has 0 radical (unpaired) electrons. The summed E-state index contributed by atoms with van der Waals surface area (Å²) in [4.78, 5) is 5.70. The van der Waals surface area contributed by atoms with Gasteiger partial charge >= 0.3 is 0 Å². The van der Waals surface area contributed by atoms with E-state index in [4.69, 9.17) is 5.26 Å². The largest absolute Gasteiger partial charge is 0.377 e. The molecule has 0 amide bonds. The monoisotopic (exact) mass is 321 g/mol. The summed E-state index contributed by atoms with van der Waals surface area (Å²) in [6, 6.07) is 7.74. The topological polar surface area (TPSA) is 48.7 Å². The Labute approximate surface area is 119 Å². The van der Waals surface area contributed by atoms with E-state index in [1.54, 1.807) is 17.4 Å². The number of halogens is 1. The first-order valence-corrected chi connectivity index (χ1v) is 7.07. The molecule has 2 aromatic rings. The smallest absolute Gasteiger partial charge is 0.112 e. The highest BCUT2D eigenvalue weighted by Crippen LogP contribution is 2.23. The van der Waals surface area contributed by atoms with Crippen LogP contribution in [-0.2, 0) is 6.54 Å². The molecular formula is C13H12BrN3S. The standard InChI is InChI=1S/C13H12BrN3S/c1-8-9(2)18-13(17-8)7-16-12-5-11(14)4-3-10(12)6-15/h3-5,16H,7H2,1-2H3. The van der Waals surface area contributed by atoms with Gasteiger partial charge in [-0.15, -0.1) is 11.3 Å². The molecule has 0 unspecified atom stereocenters. The summed E-state index contributed by atoms with van der Waals surface area (Å²) in [5.41, 5.74) is 2.55. The van der Waals surface area contributed by atoms with Crippen molar-refractivity contribution in [2.24, 2.45) is 0 Å². The molecular weight excluding hydrogens is 310 g/mol. The Kier molecular flexibility index (Phi) is 4.00. The van der Waals surface area contributed by atoms with Crippen LogP contribution in [-0.4, -0.2) is 4.98 Å². The molecule has 1 N–H and O–H groups in total. The number of aromatic nitrogens is 1. The van der Waals surface area contributed by atoms with Crippen molar-refractivity contribution in [1.82, 2.24) is 4.98 Å². The molecule has 0 aliphatic carbocycles. The van der Waals surface area contributed by atoms with E-state index in [9.17, 15) is 0 Å². The minimum Gasteiger partial charge on any atom is -0.377 e. The zero-order valence-electron chi connectivity index (χ0n) is 10.1. The number of nitriles is 1. The van der Waals surface area contributed by atoms with Crippen LogP contribution in [0.2, 0.25) is 0 Å². The number of hydrogen-bond donors (Lipinski definition) is 1. The van der Waals surface area contributed by atoms with Crippen LogP contribution in [0.15, 0.2) is 22.7 Å². The fraction of sp³-hybridized carbons (Fsp3) is 0.231. The van der Waals surface area contributed by atoms with Gasteiger partial charge in [0.05, 0.1) is 23.5 Å². The summed E-state index contributed by atoms with van der Waals surface area (Å²) < 4.78 is 0.954. The molecule has 5 heteroatoms. The van der Waals surface area contributed by atoms with E-state index in [1.807, 2.05) is 19.1 Å². The molecule has 3 nitrogen and oxygen atoms in total. The van der Waals surface area contributed by atoms with Gasteiger partial charge in [-0.1, -0.05) is 15.9 Å². The summed E-state index contributed by atoms with van der Waals surface area (Å²) in [6.07, 6.45) is 0. The van der Waals surface area contributed by atoms with Crippen LogP contribution < -0.4 is 5.32 Å². The predicted octanol–water partition coefficient (Wildman–Crippen LogP) is 4.01. The Morgan fingerprint density at radius 1 is 1.44 bits per heavy atom. The zero-order valence-corrected chi connectivity index (χ0v) is 12.5. The van der Waals surface area contributed by atoms with Crippen molar-refractivity contribution in [3.8, 4) is 6.07 Å². The first-order valence-electron chi connectivity index (χ1n) is 5.46. The molecule has 0 saturated heterocycles. The lowest BCUT2D eigenvalue weighted by Gasteiger charge is -2.06. The van der Waals surface area contributed by atoms with Gasteiger partial charge in [-0.2, -0.15) is 5.26 Å². The van der Waals surface area contributed by atoms with Gasteiger partial charge in [0, 0.05) is 9.35 Å². The normalized spacial score (nSPS) is 10.1. The van der Waals surface area contributed by atoms with Crippen LogP contribution in [0.3, 0.4) is 0 Å². The highest BCUT2D eigenvalue weighted by molar-refractivity contribution is 9.10. The number of nitrogens with one attached hydrogen (secondary N) is 1. The molecule has 0 fully saturated rings. The van der Waals surface area contributed by atoms with Crippen LogP contribution >= 0.6 is 27.3 Å². The Morgan fingerprint density at radius 2 is 2.22 bits per heavy atom. The second-order valence-electron chi connectivity index (χ2n) is 3.90. The van der Waals surface area contributed by atoms with Gasteiger partial charge in [0.15, 0.2) is 0 Å². The summed E-state index contributed by atoms with van der Waals surface area (Å²) in [7, 11) is 0. The van der Waals surface area contributed by atoms with Crippen LogP contribution in [0.25, 0.3) is 0 Å². The van der Waals surface area contributed by atoms with Gasteiger partial charge in [-0.3, -0.25) is 0 Å². The number of hydrogen-bond acceptors (Lipinski definition) is 4. The van der Waals surface area contributed by atoms with Crippen molar-refractivity contribution >= 4 is 33.0 Å². The van der Waals surface area contributed by atoms with Gasteiger partial charge in [-0.05, 0) is 32.0 Å². The number of aryl methyl sites for hydroxylation is 2. The summed E-state index contributed by atoms with van der Waals surface area (Å²) in [5, 5.41) is 13.3. The third-order valence-electron chi connectivity index (χ3n) is 2.60. The minimum atomic E-state index is 0.642. The molecule has 0 aliphatic heterocycles. The molecule has 1 heterocycles. The van der Waals surface area contributed by atoms with Crippen molar-refractivity contribution in [3.05, 3.63) is 43.8 Å². The molecule has 1 aromatic carbocycles. The third kappa shape index (κ3) is 2.89. The van der Waals surface area contributed by atoms with Gasteiger partial charge in [0.1, 0.15) is 11.1 Å². The molecule has 2 rings (SSSR count). The highest BCUT2D eigenvalue weighted by atomic mass is 79.9. The Balaban J connectivity index is 2.15. The van der Waals surface area contributed by atoms with Crippen molar-refractivity contribution in [3.63, 3.8) is 0 Å². The van der Waals surface area contributed by atoms with E-state index in [0.717, 1.165) is 20.9 Å². The van der Waals surface area contributed by atoms with E-state index < -0.39 is 0 Å².